The summed E-state index contributed by atoms with van der Waals surface area (Å²) in [6.45, 7) is 5.37. The van der Waals surface area contributed by atoms with E-state index in [1.54, 1.807) is 32.0 Å². The Morgan fingerprint density at radius 3 is 2.07 bits per heavy atom. The number of hydrogen-bond donors (Lipinski definition) is 3. The third-order valence-electron chi connectivity index (χ3n) is 3.98. The van der Waals surface area contributed by atoms with Gasteiger partial charge in [-0.05, 0) is 44.0 Å². The van der Waals surface area contributed by atoms with E-state index in [1.807, 2.05) is 6.92 Å². The van der Waals surface area contributed by atoms with Crippen LogP contribution in [0.15, 0.2) is 41.3 Å². The number of sulfonamides is 1. The van der Waals surface area contributed by atoms with Crippen molar-refractivity contribution in [3.8, 4) is 0 Å². The number of carbonyl (C=O) groups is 2. The van der Waals surface area contributed by atoms with Gasteiger partial charge in [0.05, 0.1) is 16.0 Å². The number of carboxylic acid groups (broad SMARTS) is 1. The Kier molecular flexibility index (Phi) is 6.35. The van der Waals surface area contributed by atoms with Crippen LogP contribution in [0.2, 0.25) is 0 Å². The largest absolute Gasteiger partial charge is 0.478 e. The summed E-state index contributed by atoms with van der Waals surface area (Å²) in [7, 11) is -3.72. The first-order chi connectivity index (χ1) is 12.6. The Hall–Kier alpha value is -2.71. The SMILES string of the molecule is Cc1cc(C)c(S(=O)(=O)NCCNC(=O)c2ccccc2C(=O)O)c(C)c1. The van der Waals surface area contributed by atoms with Gasteiger partial charge in [0.25, 0.3) is 5.91 Å². The summed E-state index contributed by atoms with van der Waals surface area (Å²) in [6, 6.07) is 9.43. The molecule has 0 aliphatic heterocycles. The highest BCUT2D eigenvalue weighted by Gasteiger charge is 2.20. The monoisotopic (exact) mass is 390 g/mol. The maximum Gasteiger partial charge on any atom is 0.336 e. The molecule has 0 aliphatic rings. The van der Waals surface area contributed by atoms with Crippen LogP contribution in [0.3, 0.4) is 0 Å². The van der Waals surface area contributed by atoms with E-state index >= 15 is 0 Å². The summed E-state index contributed by atoms with van der Waals surface area (Å²) in [6.07, 6.45) is 0. The second-order valence-corrected chi connectivity index (χ2v) is 7.94. The van der Waals surface area contributed by atoms with Gasteiger partial charge < -0.3 is 10.4 Å². The zero-order chi connectivity index (χ0) is 20.2. The molecule has 144 valence electrons. The average Bonchev–Trinajstić information content (AvgIpc) is 2.57. The summed E-state index contributed by atoms with van der Waals surface area (Å²) in [5.74, 6) is -1.78. The van der Waals surface area contributed by atoms with Crippen molar-refractivity contribution < 1.29 is 23.1 Å². The van der Waals surface area contributed by atoms with E-state index in [2.05, 4.69) is 10.0 Å². The minimum atomic E-state index is -3.72. The molecule has 8 heteroatoms. The van der Waals surface area contributed by atoms with Gasteiger partial charge in [-0.2, -0.15) is 0 Å². The molecule has 27 heavy (non-hydrogen) atoms. The molecule has 0 saturated carbocycles. The number of aryl methyl sites for hydroxylation is 3. The van der Waals surface area contributed by atoms with E-state index in [0.717, 1.165) is 5.56 Å². The van der Waals surface area contributed by atoms with Crippen molar-refractivity contribution in [1.29, 1.82) is 0 Å². The standard InChI is InChI=1S/C19H22N2O5S/c1-12-10-13(2)17(14(3)11-12)27(25,26)21-9-8-20-18(22)15-6-4-5-7-16(15)19(23)24/h4-7,10-11,21H,8-9H2,1-3H3,(H,20,22)(H,23,24). The minimum absolute atomic E-state index is 0.0178. The van der Waals surface area contributed by atoms with Crippen molar-refractivity contribution in [1.82, 2.24) is 10.0 Å². The van der Waals surface area contributed by atoms with Crippen LogP contribution in [0.5, 0.6) is 0 Å². The summed E-state index contributed by atoms with van der Waals surface area (Å²) >= 11 is 0. The molecule has 7 nitrogen and oxygen atoms in total. The summed E-state index contributed by atoms with van der Waals surface area (Å²) in [5, 5.41) is 11.6. The highest BCUT2D eigenvalue weighted by molar-refractivity contribution is 7.89. The number of amides is 1. The molecule has 0 atom stereocenters. The molecule has 0 radical (unpaired) electrons. The predicted molar refractivity (Wildman–Crippen MR) is 102 cm³/mol. The maximum atomic E-state index is 12.5. The Morgan fingerprint density at radius 1 is 0.963 bits per heavy atom. The molecule has 0 bridgehead atoms. The third kappa shape index (κ3) is 4.93. The van der Waals surface area contributed by atoms with Crippen molar-refractivity contribution in [2.24, 2.45) is 0 Å². The summed E-state index contributed by atoms with van der Waals surface area (Å²) in [5.41, 5.74) is 2.20. The maximum absolute atomic E-state index is 12.5. The van der Waals surface area contributed by atoms with Gasteiger partial charge in [-0.25, -0.2) is 17.9 Å². The van der Waals surface area contributed by atoms with E-state index in [4.69, 9.17) is 5.11 Å². The number of benzene rings is 2. The fourth-order valence-electron chi connectivity index (χ4n) is 2.99. The van der Waals surface area contributed by atoms with Crippen molar-refractivity contribution in [3.05, 3.63) is 64.2 Å². The second kappa shape index (κ2) is 8.32. The van der Waals surface area contributed by atoms with Crippen molar-refractivity contribution >= 4 is 21.9 Å². The van der Waals surface area contributed by atoms with E-state index < -0.39 is 21.9 Å². The predicted octanol–water partition coefficient (Wildman–Crippen LogP) is 2.02. The van der Waals surface area contributed by atoms with Gasteiger partial charge in [-0.1, -0.05) is 29.8 Å². The van der Waals surface area contributed by atoms with Crippen LogP contribution in [-0.2, 0) is 10.0 Å². The lowest BCUT2D eigenvalue weighted by atomic mass is 10.1. The molecule has 2 rings (SSSR count). The highest BCUT2D eigenvalue weighted by atomic mass is 32.2. The molecule has 1 amide bonds. The summed E-state index contributed by atoms with van der Waals surface area (Å²) < 4.78 is 27.5. The van der Waals surface area contributed by atoms with Crippen LogP contribution in [0.1, 0.15) is 37.4 Å². The zero-order valence-electron chi connectivity index (χ0n) is 15.4. The van der Waals surface area contributed by atoms with Gasteiger partial charge in [0, 0.05) is 13.1 Å². The van der Waals surface area contributed by atoms with E-state index in [0.29, 0.717) is 11.1 Å². The first kappa shape index (κ1) is 20.6. The van der Waals surface area contributed by atoms with Crippen LogP contribution in [0, 0.1) is 20.8 Å². The number of rotatable bonds is 7. The minimum Gasteiger partial charge on any atom is -0.478 e. The van der Waals surface area contributed by atoms with Crippen molar-refractivity contribution in [2.75, 3.05) is 13.1 Å². The fraction of sp³-hybridized carbons (Fsp3) is 0.263. The molecule has 0 fully saturated rings. The van der Waals surface area contributed by atoms with E-state index in [-0.39, 0.29) is 29.1 Å². The number of carbonyl (C=O) groups excluding carboxylic acids is 1. The number of carboxylic acids is 1. The Bertz CT molecular complexity index is 960. The topological polar surface area (TPSA) is 113 Å². The van der Waals surface area contributed by atoms with E-state index in [9.17, 15) is 18.0 Å². The van der Waals surface area contributed by atoms with E-state index in [1.165, 1.54) is 18.2 Å². The quantitative estimate of drug-likeness (QED) is 0.626. The van der Waals surface area contributed by atoms with Crippen molar-refractivity contribution in [2.45, 2.75) is 25.7 Å². The number of aromatic carboxylic acids is 1. The van der Waals surface area contributed by atoms with Crippen molar-refractivity contribution in [3.63, 3.8) is 0 Å². The Balaban J connectivity index is 2.01. The molecule has 3 N–H and O–H groups in total. The molecular weight excluding hydrogens is 368 g/mol. The van der Waals surface area contributed by atoms with Gasteiger partial charge in [0.2, 0.25) is 10.0 Å². The molecule has 0 spiro atoms. The Labute approximate surface area is 158 Å². The van der Waals surface area contributed by atoms with Crippen LogP contribution < -0.4 is 10.0 Å². The van der Waals surface area contributed by atoms with Gasteiger partial charge in [-0.15, -0.1) is 0 Å². The molecule has 0 saturated heterocycles. The average molecular weight is 390 g/mol. The zero-order valence-corrected chi connectivity index (χ0v) is 16.2. The van der Waals surface area contributed by atoms with Crippen LogP contribution in [0.4, 0.5) is 0 Å². The number of nitrogens with one attached hydrogen (secondary N) is 2. The number of hydrogen-bond acceptors (Lipinski definition) is 4. The molecular formula is C19H22N2O5S. The molecule has 2 aromatic carbocycles. The molecule has 0 aromatic heterocycles. The van der Waals surface area contributed by atoms with Crippen LogP contribution in [-0.4, -0.2) is 38.5 Å². The molecule has 2 aromatic rings. The third-order valence-corrected chi connectivity index (χ3v) is 5.74. The van der Waals surface area contributed by atoms with Gasteiger partial charge >= 0.3 is 5.97 Å². The molecule has 0 heterocycles. The smallest absolute Gasteiger partial charge is 0.336 e. The first-order valence-corrected chi connectivity index (χ1v) is 9.80. The Morgan fingerprint density at radius 2 is 1.52 bits per heavy atom. The van der Waals surface area contributed by atoms with Gasteiger partial charge in [0.1, 0.15) is 0 Å². The highest BCUT2D eigenvalue weighted by Crippen LogP contribution is 2.21. The lowest BCUT2D eigenvalue weighted by Gasteiger charge is -2.13. The van der Waals surface area contributed by atoms with Gasteiger partial charge in [0.15, 0.2) is 0 Å². The molecule has 0 aliphatic carbocycles. The van der Waals surface area contributed by atoms with Crippen LogP contribution >= 0.6 is 0 Å². The second-order valence-electron chi connectivity index (χ2n) is 6.23. The lowest BCUT2D eigenvalue weighted by Crippen LogP contribution is -2.35. The van der Waals surface area contributed by atoms with Crippen LogP contribution in [0.25, 0.3) is 0 Å². The fourth-order valence-corrected chi connectivity index (χ4v) is 4.47. The molecule has 0 unspecified atom stereocenters. The lowest BCUT2D eigenvalue weighted by molar-refractivity contribution is 0.0691. The first-order valence-electron chi connectivity index (χ1n) is 8.31. The normalized spacial score (nSPS) is 11.2. The summed E-state index contributed by atoms with van der Waals surface area (Å²) in [4.78, 5) is 23.6. The van der Waals surface area contributed by atoms with Gasteiger partial charge in [-0.3, -0.25) is 4.79 Å².